The molecule has 466 valence electrons. The van der Waals surface area contributed by atoms with E-state index < -0.39 is 20.0 Å². The van der Waals surface area contributed by atoms with Crippen LogP contribution in [0.5, 0.6) is 0 Å². The van der Waals surface area contributed by atoms with Gasteiger partial charge in [0, 0.05) is 12.8 Å². The van der Waals surface area contributed by atoms with Crippen LogP contribution < -0.4 is 10.2 Å². The molecular weight excluding hydrogens is 1000 g/mol. The zero-order chi connectivity index (χ0) is 57.9. The number of hydrogen-bond acceptors (Lipinski definition) is 7. The molecule has 0 aliphatic heterocycles. The number of allylic oxidation sites excluding steroid dienone is 5. The average molecular weight is 1130 g/mol. The number of carbonyl (C=O) groups is 2. The maximum atomic E-state index is 13.6. The molecule has 0 radical (unpaired) electrons. The van der Waals surface area contributed by atoms with Crippen LogP contribution in [-0.2, 0) is 27.9 Å². The van der Waals surface area contributed by atoms with E-state index >= 15 is 0 Å². The molecule has 3 unspecified atom stereocenters. The van der Waals surface area contributed by atoms with E-state index in [-0.39, 0.29) is 31.5 Å². The van der Waals surface area contributed by atoms with Gasteiger partial charge >= 0.3 is 5.97 Å². The van der Waals surface area contributed by atoms with E-state index in [2.05, 4.69) is 50.4 Å². The van der Waals surface area contributed by atoms with Crippen molar-refractivity contribution in [3.8, 4) is 0 Å². The standard InChI is InChI=1S/C69H133N2O7P/c1-7-10-13-16-19-22-25-27-29-31-33-35-37-39-41-43-46-49-52-55-58-61-68(72)70-66(65-77-79(74,75)76-64-63-71(4,5)6)67(60-57-54-51-48-45-24-21-18-15-12-9-3)78-69(73)62-59-56-53-50-47-44-42-40-38-36-34-32-30-28-26-23-20-17-14-11-8-2/h20,23,28,30,57,60,66-67H,7-19,21-22,24-27,29,31-56,58-59,61-65H2,1-6H3,(H-,70,72,74,75)/b23-20-,30-28-,60-57+. The lowest BCUT2D eigenvalue weighted by atomic mass is 10.0. The van der Waals surface area contributed by atoms with E-state index in [9.17, 15) is 19.0 Å². The minimum Gasteiger partial charge on any atom is -0.756 e. The second-order valence-corrected chi connectivity index (χ2v) is 26.1. The van der Waals surface area contributed by atoms with Crippen molar-refractivity contribution in [3.63, 3.8) is 0 Å². The SMILES string of the molecule is CCCCC/C=C\C/C=C\CCCCCCCCCCCCCC(=O)OC(/C=C/CCCCCCCCCCC)C(COP(=O)([O-])OCC[N+](C)(C)C)NC(=O)CCCCCCCCCCCCCCCCCCCCCCC. The average Bonchev–Trinajstić information content (AvgIpc) is 3.41. The van der Waals surface area contributed by atoms with Gasteiger partial charge in [-0.05, 0) is 63.9 Å². The van der Waals surface area contributed by atoms with Crippen LogP contribution in [0.2, 0.25) is 0 Å². The Bertz CT molecular complexity index is 1450. The molecule has 0 spiro atoms. The Morgan fingerprint density at radius 2 is 0.772 bits per heavy atom. The summed E-state index contributed by atoms with van der Waals surface area (Å²) < 4.78 is 30.4. The smallest absolute Gasteiger partial charge is 0.306 e. The number of carbonyl (C=O) groups excluding carboxylic acids is 2. The van der Waals surface area contributed by atoms with Crippen molar-refractivity contribution >= 4 is 19.7 Å². The number of amides is 1. The Balaban J connectivity index is 5.06. The highest BCUT2D eigenvalue weighted by Gasteiger charge is 2.27. The summed E-state index contributed by atoms with van der Waals surface area (Å²) in [7, 11) is 1.20. The normalized spacial score (nSPS) is 13.8. The lowest BCUT2D eigenvalue weighted by Gasteiger charge is -2.30. The van der Waals surface area contributed by atoms with Gasteiger partial charge in [0.25, 0.3) is 7.82 Å². The highest BCUT2D eigenvalue weighted by molar-refractivity contribution is 7.45. The Kier molecular flexibility index (Phi) is 58.1. The van der Waals surface area contributed by atoms with Gasteiger partial charge in [0.1, 0.15) is 19.3 Å². The van der Waals surface area contributed by atoms with E-state index in [4.69, 9.17) is 13.8 Å². The monoisotopic (exact) mass is 1130 g/mol. The van der Waals surface area contributed by atoms with Gasteiger partial charge < -0.3 is 28.5 Å². The summed E-state index contributed by atoms with van der Waals surface area (Å²) in [6, 6.07) is -0.885. The number of ether oxygens (including phenoxy) is 1. The highest BCUT2D eigenvalue weighted by Crippen LogP contribution is 2.38. The van der Waals surface area contributed by atoms with Crippen molar-refractivity contribution in [3.05, 3.63) is 36.5 Å². The number of phosphoric acid groups is 1. The van der Waals surface area contributed by atoms with Gasteiger partial charge in [0.05, 0.1) is 33.8 Å². The first-order valence-electron chi connectivity index (χ1n) is 34.3. The summed E-state index contributed by atoms with van der Waals surface area (Å²) in [5.74, 6) is -0.526. The second kappa shape index (κ2) is 59.4. The van der Waals surface area contributed by atoms with E-state index in [1.807, 2.05) is 33.3 Å². The predicted molar refractivity (Wildman–Crippen MR) is 340 cm³/mol. The minimum absolute atomic E-state index is 0.0198. The van der Waals surface area contributed by atoms with E-state index in [1.54, 1.807) is 0 Å². The number of phosphoric ester groups is 1. The quantitative estimate of drug-likeness (QED) is 0.0212. The molecule has 1 N–H and O–H groups in total. The Labute approximate surface area is 491 Å². The molecule has 0 aromatic carbocycles. The van der Waals surface area contributed by atoms with Crippen LogP contribution in [0.3, 0.4) is 0 Å². The number of likely N-dealkylation sites (N-methyl/N-ethyl adjacent to an activating group) is 1. The molecule has 0 rings (SSSR count). The molecular formula is C69H133N2O7P. The van der Waals surface area contributed by atoms with Crippen LogP contribution in [0.15, 0.2) is 36.5 Å². The number of esters is 1. The molecule has 0 fully saturated rings. The largest absolute Gasteiger partial charge is 0.756 e. The van der Waals surface area contributed by atoms with E-state index in [1.165, 1.54) is 244 Å². The van der Waals surface area contributed by atoms with Crippen LogP contribution in [0.25, 0.3) is 0 Å². The maximum absolute atomic E-state index is 13.6. The lowest BCUT2D eigenvalue weighted by Crippen LogP contribution is -2.47. The lowest BCUT2D eigenvalue weighted by molar-refractivity contribution is -0.870. The molecule has 0 saturated heterocycles. The van der Waals surface area contributed by atoms with Crippen LogP contribution in [-0.4, -0.2) is 69.4 Å². The zero-order valence-electron chi connectivity index (χ0n) is 53.3. The van der Waals surface area contributed by atoms with Gasteiger partial charge in [-0.3, -0.25) is 14.2 Å². The first-order chi connectivity index (χ1) is 38.4. The Morgan fingerprint density at radius 1 is 0.443 bits per heavy atom. The third kappa shape index (κ3) is 60.6. The molecule has 0 heterocycles. The first-order valence-corrected chi connectivity index (χ1v) is 35.8. The van der Waals surface area contributed by atoms with Crippen LogP contribution in [0.4, 0.5) is 0 Å². The van der Waals surface area contributed by atoms with Crippen LogP contribution in [0.1, 0.15) is 342 Å². The van der Waals surface area contributed by atoms with Crippen molar-refractivity contribution in [1.29, 1.82) is 0 Å². The Hall–Kier alpha value is -1.77. The van der Waals surface area contributed by atoms with E-state index in [0.717, 1.165) is 64.2 Å². The molecule has 0 bridgehead atoms. The van der Waals surface area contributed by atoms with Crippen molar-refractivity contribution in [2.75, 3.05) is 40.9 Å². The molecule has 0 aliphatic carbocycles. The van der Waals surface area contributed by atoms with Crippen molar-refractivity contribution in [2.45, 2.75) is 354 Å². The molecule has 3 atom stereocenters. The van der Waals surface area contributed by atoms with Gasteiger partial charge in [-0.15, -0.1) is 0 Å². The number of nitrogens with one attached hydrogen (secondary N) is 1. The van der Waals surface area contributed by atoms with Crippen molar-refractivity contribution < 1.29 is 37.3 Å². The Morgan fingerprint density at radius 3 is 1.16 bits per heavy atom. The highest BCUT2D eigenvalue weighted by atomic mass is 31.2. The molecule has 0 aromatic heterocycles. The fraction of sp³-hybridized carbons (Fsp3) is 0.884. The third-order valence-electron chi connectivity index (χ3n) is 15.6. The third-order valence-corrected chi connectivity index (χ3v) is 16.5. The first kappa shape index (κ1) is 77.2. The van der Waals surface area contributed by atoms with Gasteiger partial charge in [0.2, 0.25) is 5.91 Å². The second-order valence-electron chi connectivity index (χ2n) is 24.7. The number of hydrogen-bond donors (Lipinski definition) is 1. The van der Waals surface area contributed by atoms with Gasteiger partial charge in [-0.25, -0.2) is 0 Å². The van der Waals surface area contributed by atoms with Crippen LogP contribution in [0, 0.1) is 0 Å². The fourth-order valence-electron chi connectivity index (χ4n) is 10.3. The zero-order valence-corrected chi connectivity index (χ0v) is 54.2. The van der Waals surface area contributed by atoms with Gasteiger partial charge in [-0.1, -0.05) is 302 Å². The van der Waals surface area contributed by atoms with Crippen molar-refractivity contribution in [2.24, 2.45) is 0 Å². The summed E-state index contributed by atoms with van der Waals surface area (Å²) >= 11 is 0. The summed E-state index contributed by atoms with van der Waals surface area (Å²) in [6.07, 6.45) is 72.6. The number of rotatable bonds is 63. The summed E-state index contributed by atoms with van der Waals surface area (Å²) in [4.78, 5) is 40.1. The molecule has 10 heteroatoms. The molecule has 79 heavy (non-hydrogen) atoms. The molecule has 1 amide bonds. The maximum Gasteiger partial charge on any atom is 0.306 e. The topological polar surface area (TPSA) is 114 Å². The number of quaternary nitrogens is 1. The molecule has 0 aliphatic rings. The fourth-order valence-corrected chi connectivity index (χ4v) is 11.0. The van der Waals surface area contributed by atoms with Gasteiger partial charge in [0.15, 0.2) is 0 Å². The molecule has 0 saturated carbocycles. The number of unbranched alkanes of at least 4 members (excludes halogenated alkanes) is 43. The van der Waals surface area contributed by atoms with Crippen molar-refractivity contribution in [1.82, 2.24) is 5.32 Å². The number of nitrogens with zero attached hydrogens (tertiary/aromatic N) is 1. The molecule has 9 nitrogen and oxygen atoms in total. The summed E-state index contributed by atoms with van der Waals surface area (Å²) in [6.45, 7) is 6.87. The summed E-state index contributed by atoms with van der Waals surface area (Å²) in [5, 5.41) is 3.04. The summed E-state index contributed by atoms with van der Waals surface area (Å²) in [5.41, 5.74) is 0. The predicted octanol–water partition coefficient (Wildman–Crippen LogP) is 20.8. The molecule has 0 aromatic rings. The van der Waals surface area contributed by atoms with Gasteiger partial charge in [-0.2, -0.15) is 0 Å². The minimum atomic E-state index is -4.70. The van der Waals surface area contributed by atoms with Crippen LogP contribution >= 0.6 is 7.82 Å². The van der Waals surface area contributed by atoms with E-state index in [0.29, 0.717) is 17.4 Å².